The Balaban J connectivity index is 2.27. The maximum Gasteiger partial charge on any atom is 0.279 e. The van der Waals surface area contributed by atoms with Gasteiger partial charge in [0.25, 0.3) is 10.2 Å². The van der Waals surface area contributed by atoms with Crippen molar-refractivity contribution in [2.75, 3.05) is 20.7 Å². The van der Waals surface area contributed by atoms with Crippen molar-refractivity contribution in [1.82, 2.24) is 9.03 Å². The van der Waals surface area contributed by atoms with Crippen LogP contribution in [0.3, 0.4) is 0 Å². The third-order valence-electron chi connectivity index (χ3n) is 3.32. The molecule has 0 radical (unpaired) electrons. The number of rotatable bonds is 5. The van der Waals surface area contributed by atoms with Gasteiger partial charge in [-0.1, -0.05) is 12.1 Å². The van der Waals surface area contributed by atoms with Crippen molar-refractivity contribution in [2.24, 2.45) is 0 Å². The van der Waals surface area contributed by atoms with Crippen molar-refractivity contribution in [1.29, 1.82) is 0 Å². The molecule has 1 aliphatic heterocycles. The Hall–Kier alpha value is -1.02. The van der Waals surface area contributed by atoms with Crippen molar-refractivity contribution in [3.05, 3.63) is 35.6 Å². The molecule has 0 amide bonds. The van der Waals surface area contributed by atoms with Crippen molar-refractivity contribution in [3.8, 4) is 0 Å². The lowest BCUT2D eigenvalue weighted by Crippen LogP contribution is -2.42. The summed E-state index contributed by atoms with van der Waals surface area (Å²) in [7, 11) is -0.668. The molecule has 0 spiro atoms. The van der Waals surface area contributed by atoms with E-state index in [2.05, 4.69) is 4.72 Å². The van der Waals surface area contributed by atoms with E-state index >= 15 is 0 Å². The van der Waals surface area contributed by atoms with Gasteiger partial charge in [0.1, 0.15) is 5.82 Å². The number of hydrogen-bond donors (Lipinski definition) is 1. The molecule has 5 nitrogen and oxygen atoms in total. The fraction of sp³-hybridized carbons (Fsp3) is 0.538. The van der Waals surface area contributed by atoms with Crippen LogP contribution in [0.5, 0.6) is 0 Å². The standard InChI is InChI=1S/C13H19FN2O3S/c1-16(2)20(17,18)15-13(12-4-3-9-19-12)10-5-7-11(14)8-6-10/h5-8,12-13,15H,3-4,9H2,1-2H3/t12-,13+/m0/s1. The monoisotopic (exact) mass is 302 g/mol. The second-order valence-electron chi connectivity index (χ2n) is 4.99. The number of nitrogens with one attached hydrogen (secondary N) is 1. The summed E-state index contributed by atoms with van der Waals surface area (Å²) in [6.07, 6.45) is 1.44. The second kappa shape index (κ2) is 6.17. The molecule has 0 unspecified atom stereocenters. The van der Waals surface area contributed by atoms with Gasteiger partial charge < -0.3 is 4.74 Å². The Kier molecular flexibility index (Phi) is 4.74. The summed E-state index contributed by atoms with van der Waals surface area (Å²) in [5.74, 6) is -0.352. The van der Waals surface area contributed by atoms with E-state index in [-0.39, 0.29) is 11.9 Å². The van der Waals surface area contributed by atoms with Crippen molar-refractivity contribution in [3.63, 3.8) is 0 Å². The lowest BCUT2D eigenvalue weighted by molar-refractivity contribution is 0.0847. The van der Waals surface area contributed by atoms with E-state index in [0.717, 1.165) is 17.1 Å². The second-order valence-corrected chi connectivity index (χ2v) is 6.90. The molecule has 20 heavy (non-hydrogen) atoms. The molecule has 0 aromatic heterocycles. The van der Waals surface area contributed by atoms with Crippen LogP contribution in [0.25, 0.3) is 0 Å². The van der Waals surface area contributed by atoms with Gasteiger partial charge in [0.15, 0.2) is 0 Å². The van der Waals surface area contributed by atoms with Gasteiger partial charge in [-0.3, -0.25) is 0 Å². The quantitative estimate of drug-likeness (QED) is 0.895. The smallest absolute Gasteiger partial charge is 0.279 e. The SMILES string of the molecule is CN(C)S(=O)(=O)N[C@H](c1ccc(F)cc1)[C@@H]1CCCO1. The average molecular weight is 302 g/mol. The molecule has 1 fully saturated rings. The molecule has 0 aliphatic carbocycles. The number of halogens is 1. The van der Waals surface area contributed by atoms with Gasteiger partial charge in [-0.2, -0.15) is 17.4 Å². The first-order chi connectivity index (χ1) is 9.40. The minimum Gasteiger partial charge on any atom is -0.376 e. The molecule has 2 rings (SSSR count). The first-order valence-corrected chi connectivity index (χ1v) is 7.91. The summed E-state index contributed by atoms with van der Waals surface area (Å²) in [4.78, 5) is 0. The Morgan fingerprint density at radius 1 is 1.35 bits per heavy atom. The highest BCUT2D eigenvalue weighted by molar-refractivity contribution is 7.87. The fourth-order valence-corrected chi connectivity index (χ4v) is 2.98. The third kappa shape index (κ3) is 3.54. The van der Waals surface area contributed by atoms with E-state index in [1.54, 1.807) is 12.1 Å². The normalized spacial score (nSPS) is 21.3. The molecule has 1 N–H and O–H groups in total. The van der Waals surface area contributed by atoms with E-state index in [1.807, 2.05) is 0 Å². The Morgan fingerprint density at radius 2 is 2.00 bits per heavy atom. The van der Waals surface area contributed by atoms with E-state index in [1.165, 1.54) is 26.2 Å². The van der Waals surface area contributed by atoms with Crippen molar-refractivity contribution >= 4 is 10.2 Å². The van der Waals surface area contributed by atoms with E-state index in [0.29, 0.717) is 12.2 Å². The van der Waals surface area contributed by atoms with Gasteiger partial charge in [0.05, 0.1) is 12.1 Å². The fourth-order valence-electron chi connectivity index (χ4n) is 2.16. The summed E-state index contributed by atoms with van der Waals surface area (Å²) >= 11 is 0. The van der Waals surface area contributed by atoms with Crippen LogP contribution in [-0.2, 0) is 14.9 Å². The maximum atomic E-state index is 13.0. The summed E-state index contributed by atoms with van der Waals surface area (Å²) < 4.78 is 46.4. The molecule has 1 aromatic rings. The highest BCUT2D eigenvalue weighted by Crippen LogP contribution is 2.28. The minimum absolute atomic E-state index is 0.227. The zero-order valence-electron chi connectivity index (χ0n) is 11.5. The van der Waals surface area contributed by atoms with E-state index in [4.69, 9.17) is 4.74 Å². The zero-order valence-corrected chi connectivity index (χ0v) is 12.4. The van der Waals surface area contributed by atoms with Crippen LogP contribution < -0.4 is 4.72 Å². The Morgan fingerprint density at radius 3 is 2.50 bits per heavy atom. The number of nitrogens with zero attached hydrogens (tertiary/aromatic N) is 1. The third-order valence-corrected chi connectivity index (χ3v) is 4.84. The van der Waals surface area contributed by atoms with E-state index in [9.17, 15) is 12.8 Å². The molecule has 0 bridgehead atoms. The minimum atomic E-state index is -3.58. The van der Waals surface area contributed by atoms with Crippen molar-refractivity contribution < 1.29 is 17.5 Å². The summed E-state index contributed by atoms with van der Waals surface area (Å²) in [6.45, 7) is 0.617. The maximum absolute atomic E-state index is 13.0. The van der Waals surface area contributed by atoms with Gasteiger partial charge in [0.2, 0.25) is 0 Å². The first-order valence-electron chi connectivity index (χ1n) is 6.47. The first kappa shape index (κ1) is 15.4. The van der Waals surface area contributed by atoms with Crippen LogP contribution >= 0.6 is 0 Å². The van der Waals surface area contributed by atoms with Crippen molar-refractivity contribution in [2.45, 2.75) is 25.0 Å². The van der Waals surface area contributed by atoms with E-state index < -0.39 is 16.3 Å². The number of hydrogen-bond acceptors (Lipinski definition) is 3. The zero-order chi connectivity index (χ0) is 14.8. The molecule has 7 heteroatoms. The predicted octanol–water partition coefficient (Wildman–Crippen LogP) is 1.44. The highest BCUT2D eigenvalue weighted by atomic mass is 32.2. The van der Waals surface area contributed by atoms with Crippen LogP contribution in [0, 0.1) is 5.82 Å². The summed E-state index contributed by atoms with van der Waals surface area (Å²) in [6, 6.07) is 5.30. The van der Waals surface area contributed by atoms with Gasteiger partial charge in [-0.15, -0.1) is 0 Å². The molecule has 1 saturated heterocycles. The van der Waals surface area contributed by atoms with Gasteiger partial charge >= 0.3 is 0 Å². The van der Waals surface area contributed by atoms with Gasteiger partial charge in [-0.25, -0.2) is 4.39 Å². The highest BCUT2D eigenvalue weighted by Gasteiger charge is 2.31. The van der Waals surface area contributed by atoms with Crippen LogP contribution in [0.2, 0.25) is 0 Å². The largest absolute Gasteiger partial charge is 0.376 e. The van der Waals surface area contributed by atoms with Crippen LogP contribution in [0.1, 0.15) is 24.4 Å². The van der Waals surface area contributed by atoms with Crippen LogP contribution in [0.4, 0.5) is 4.39 Å². The molecule has 2 atom stereocenters. The molecular formula is C13H19FN2O3S. The topological polar surface area (TPSA) is 58.6 Å². The molecule has 1 heterocycles. The predicted molar refractivity (Wildman–Crippen MR) is 73.9 cm³/mol. The molecular weight excluding hydrogens is 283 g/mol. The number of benzene rings is 1. The molecule has 112 valence electrons. The Labute approximate surface area is 118 Å². The summed E-state index contributed by atoms with van der Waals surface area (Å²) in [5, 5.41) is 0. The van der Waals surface area contributed by atoms with Gasteiger partial charge in [0, 0.05) is 20.7 Å². The summed E-state index contributed by atoms with van der Waals surface area (Å²) in [5.41, 5.74) is 0.698. The van der Waals surface area contributed by atoms with Crippen LogP contribution in [-0.4, -0.2) is 39.5 Å². The lowest BCUT2D eigenvalue weighted by atomic mass is 10.0. The average Bonchev–Trinajstić information content (AvgIpc) is 2.90. The lowest BCUT2D eigenvalue weighted by Gasteiger charge is -2.26. The van der Waals surface area contributed by atoms with Crippen LogP contribution in [0.15, 0.2) is 24.3 Å². The van der Waals surface area contributed by atoms with Gasteiger partial charge in [-0.05, 0) is 30.5 Å². The number of ether oxygens (including phenoxy) is 1. The molecule has 1 aromatic carbocycles. The molecule has 1 aliphatic rings. The molecule has 0 saturated carbocycles. The Bertz CT molecular complexity index is 539.